The summed E-state index contributed by atoms with van der Waals surface area (Å²) in [5, 5.41) is 0.134. The van der Waals surface area contributed by atoms with Crippen LogP contribution in [0.5, 0.6) is 0 Å². The summed E-state index contributed by atoms with van der Waals surface area (Å²) in [4.78, 5) is 28.6. The molecule has 1 aliphatic heterocycles. The Morgan fingerprint density at radius 2 is 1.50 bits per heavy atom. The van der Waals surface area contributed by atoms with E-state index < -0.39 is 11.9 Å². The minimum atomic E-state index is -0.653. The molecule has 0 radical (unpaired) electrons. The molecular weight excluding hydrogens is 405 g/mol. The number of carbonyl (C=O) groups excluding carboxylic acids is 1. The minimum Gasteiger partial charge on any atom is -0.450 e. The Labute approximate surface area is 184 Å². The summed E-state index contributed by atoms with van der Waals surface area (Å²) in [6.45, 7) is 4.14. The maximum atomic E-state index is 13.9. The molecule has 0 fully saturated rings. The van der Waals surface area contributed by atoms with Crippen LogP contribution in [0.1, 0.15) is 52.7 Å². The van der Waals surface area contributed by atoms with Gasteiger partial charge in [0.1, 0.15) is 11.4 Å². The number of hydrogen-bond donors (Lipinski definition) is 0. The van der Waals surface area contributed by atoms with Gasteiger partial charge in [-0.15, -0.1) is 0 Å². The highest BCUT2D eigenvalue weighted by molar-refractivity contribution is 6.10. The molecule has 5 rings (SSSR count). The van der Waals surface area contributed by atoms with Crippen LogP contribution < -0.4 is 10.3 Å². The van der Waals surface area contributed by atoms with E-state index in [-0.39, 0.29) is 33.6 Å². The number of hydrogen-bond acceptors (Lipinski definition) is 3. The van der Waals surface area contributed by atoms with Crippen molar-refractivity contribution in [3.63, 3.8) is 0 Å². The van der Waals surface area contributed by atoms with Gasteiger partial charge < -0.3 is 4.42 Å². The van der Waals surface area contributed by atoms with Crippen molar-refractivity contribution in [2.45, 2.75) is 32.7 Å². The molecule has 1 aliphatic rings. The number of nitrogens with zero attached hydrogens (tertiary/aromatic N) is 1. The maximum Gasteiger partial charge on any atom is 0.295 e. The summed E-state index contributed by atoms with van der Waals surface area (Å²) in [5.41, 5.74) is 3.85. The molecule has 4 nitrogen and oxygen atoms in total. The number of fused-ring (bicyclic) bond motifs is 2. The molecule has 1 amide bonds. The number of aryl methyl sites for hydroxylation is 2. The monoisotopic (exact) mass is 427 g/mol. The van der Waals surface area contributed by atoms with E-state index in [0.717, 1.165) is 29.5 Å². The zero-order chi connectivity index (χ0) is 22.4. The summed E-state index contributed by atoms with van der Waals surface area (Å²) < 4.78 is 19.8. The second-order valence-electron chi connectivity index (χ2n) is 8.01. The van der Waals surface area contributed by atoms with Crippen molar-refractivity contribution in [2.75, 3.05) is 4.90 Å². The average Bonchev–Trinajstić information content (AvgIpc) is 3.12. The summed E-state index contributed by atoms with van der Waals surface area (Å²) >= 11 is 0. The van der Waals surface area contributed by atoms with E-state index in [4.69, 9.17) is 4.42 Å². The molecule has 5 heteroatoms. The lowest BCUT2D eigenvalue weighted by Crippen LogP contribution is -2.29. The van der Waals surface area contributed by atoms with E-state index in [1.54, 1.807) is 4.90 Å². The fourth-order valence-electron chi connectivity index (χ4n) is 4.35. The van der Waals surface area contributed by atoms with Crippen LogP contribution in [0.4, 0.5) is 10.1 Å². The normalized spacial score (nSPS) is 15.4. The van der Waals surface area contributed by atoms with E-state index in [1.165, 1.54) is 18.2 Å². The van der Waals surface area contributed by atoms with E-state index >= 15 is 0 Å². The number of carbonyl (C=O) groups is 1. The summed E-state index contributed by atoms with van der Waals surface area (Å²) in [6.07, 6.45) is 1.77. The van der Waals surface area contributed by atoms with E-state index in [0.29, 0.717) is 5.69 Å². The van der Waals surface area contributed by atoms with Gasteiger partial charge in [-0.2, -0.15) is 0 Å². The molecule has 3 aromatic carbocycles. The second kappa shape index (κ2) is 7.75. The fourth-order valence-corrected chi connectivity index (χ4v) is 4.35. The van der Waals surface area contributed by atoms with Gasteiger partial charge in [0, 0.05) is 5.69 Å². The van der Waals surface area contributed by atoms with Crippen molar-refractivity contribution in [1.29, 1.82) is 0 Å². The number of rotatable bonds is 4. The Balaban J connectivity index is 1.77. The van der Waals surface area contributed by atoms with E-state index in [1.807, 2.05) is 48.5 Å². The van der Waals surface area contributed by atoms with Gasteiger partial charge in [0.05, 0.1) is 17.0 Å². The number of amides is 1. The third-order valence-corrected chi connectivity index (χ3v) is 6.16. The lowest BCUT2D eigenvalue weighted by Gasteiger charge is -2.25. The third-order valence-electron chi connectivity index (χ3n) is 6.16. The molecule has 1 atom stereocenters. The van der Waals surface area contributed by atoms with Gasteiger partial charge in [0.2, 0.25) is 5.76 Å². The van der Waals surface area contributed by atoms with Crippen molar-refractivity contribution in [1.82, 2.24) is 0 Å². The predicted molar refractivity (Wildman–Crippen MR) is 123 cm³/mol. The van der Waals surface area contributed by atoms with Crippen LogP contribution in [0.3, 0.4) is 0 Å². The SMILES string of the molecule is CCc1ccc(C2c3c(oc4ccc(F)cc4c3=O)C(=O)N2c2ccc(CC)cc2)cc1. The van der Waals surface area contributed by atoms with E-state index in [2.05, 4.69) is 13.8 Å². The van der Waals surface area contributed by atoms with Gasteiger partial charge >= 0.3 is 0 Å². The molecule has 1 aromatic heterocycles. The number of anilines is 1. The first-order valence-corrected chi connectivity index (χ1v) is 10.8. The number of halogens is 1. The predicted octanol–water partition coefficient (Wildman–Crippen LogP) is 5.81. The van der Waals surface area contributed by atoms with Crippen molar-refractivity contribution < 1.29 is 13.6 Å². The van der Waals surface area contributed by atoms with Crippen LogP contribution in [0, 0.1) is 5.82 Å². The molecule has 1 unspecified atom stereocenters. The first-order chi connectivity index (χ1) is 15.5. The molecule has 4 aromatic rings. The second-order valence-corrected chi connectivity index (χ2v) is 8.01. The first-order valence-electron chi connectivity index (χ1n) is 10.8. The number of benzene rings is 3. The standard InChI is InChI=1S/C27H22FNO3/c1-3-16-5-9-18(10-6-16)24-23-25(30)21-15-19(28)11-14-22(21)32-26(23)27(31)29(24)20-12-7-17(4-2)8-13-20/h5-15,24H,3-4H2,1-2H3. The van der Waals surface area contributed by atoms with Crippen molar-refractivity contribution in [3.8, 4) is 0 Å². The Morgan fingerprint density at radius 1 is 0.875 bits per heavy atom. The van der Waals surface area contributed by atoms with Crippen molar-refractivity contribution in [2.24, 2.45) is 0 Å². The molecule has 32 heavy (non-hydrogen) atoms. The highest BCUT2D eigenvalue weighted by Crippen LogP contribution is 2.41. The topological polar surface area (TPSA) is 50.5 Å². The Kier molecular flexibility index (Phi) is 4.89. The molecule has 0 N–H and O–H groups in total. The molecule has 0 aliphatic carbocycles. The van der Waals surface area contributed by atoms with Gasteiger partial charge in [-0.25, -0.2) is 4.39 Å². The molecule has 0 saturated carbocycles. The summed E-state index contributed by atoms with van der Waals surface area (Å²) in [7, 11) is 0. The van der Waals surface area contributed by atoms with Crippen LogP contribution in [-0.2, 0) is 12.8 Å². The largest absolute Gasteiger partial charge is 0.450 e. The van der Waals surface area contributed by atoms with Gasteiger partial charge in [-0.1, -0.05) is 50.2 Å². The summed E-state index contributed by atoms with van der Waals surface area (Å²) in [5.74, 6) is -0.889. The molecule has 2 heterocycles. The third kappa shape index (κ3) is 3.12. The average molecular weight is 427 g/mol. The van der Waals surface area contributed by atoms with Crippen molar-refractivity contribution >= 4 is 22.6 Å². The lowest BCUT2D eigenvalue weighted by atomic mass is 9.97. The fraction of sp³-hybridized carbons (Fsp3) is 0.185. The Bertz CT molecular complexity index is 1390. The minimum absolute atomic E-state index is 0.0123. The van der Waals surface area contributed by atoms with Crippen LogP contribution in [0.25, 0.3) is 11.0 Å². The zero-order valence-electron chi connectivity index (χ0n) is 17.9. The lowest BCUT2D eigenvalue weighted by molar-refractivity contribution is 0.0971. The maximum absolute atomic E-state index is 13.9. The molecule has 0 bridgehead atoms. The van der Waals surface area contributed by atoms with Gasteiger partial charge in [0.15, 0.2) is 5.43 Å². The first kappa shape index (κ1) is 20.2. The van der Waals surface area contributed by atoms with Gasteiger partial charge in [-0.3, -0.25) is 14.5 Å². The summed E-state index contributed by atoms with van der Waals surface area (Å²) in [6, 6.07) is 18.7. The van der Waals surface area contributed by atoms with Crippen LogP contribution in [0.2, 0.25) is 0 Å². The van der Waals surface area contributed by atoms with Crippen molar-refractivity contribution in [3.05, 3.63) is 111 Å². The Morgan fingerprint density at radius 3 is 2.12 bits per heavy atom. The molecule has 0 spiro atoms. The Hall–Kier alpha value is -3.73. The van der Waals surface area contributed by atoms with Gasteiger partial charge in [0.25, 0.3) is 5.91 Å². The van der Waals surface area contributed by atoms with Crippen LogP contribution >= 0.6 is 0 Å². The molecule has 160 valence electrons. The zero-order valence-corrected chi connectivity index (χ0v) is 17.9. The quantitative estimate of drug-likeness (QED) is 0.413. The highest BCUT2D eigenvalue weighted by Gasteiger charge is 2.43. The van der Waals surface area contributed by atoms with Crippen LogP contribution in [-0.4, -0.2) is 5.91 Å². The van der Waals surface area contributed by atoms with E-state index in [9.17, 15) is 14.0 Å². The molecule has 0 saturated heterocycles. The smallest absolute Gasteiger partial charge is 0.295 e. The highest BCUT2D eigenvalue weighted by atomic mass is 19.1. The molecular formula is C27H22FNO3. The van der Waals surface area contributed by atoms with Crippen LogP contribution in [0.15, 0.2) is 75.9 Å². The van der Waals surface area contributed by atoms with Gasteiger partial charge in [-0.05, 0) is 59.9 Å².